The highest BCUT2D eigenvalue weighted by atomic mass is 19.1. The van der Waals surface area contributed by atoms with Gasteiger partial charge in [0.25, 0.3) is 0 Å². The molecule has 0 unspecified atom stereocenters. The Labute approximate surface area is 159 Å². The molecule has 0 nitrogen and oxygen atoms in total. The topological polar surface area (TPSA) is 0 Å². The first-order chi connectivity index (χ1) is 13.1. The van der Waals surface area contributed by atoms with Crippen LogP contribution in [0.15, 0.2) is 60.7 Å². The summed E-state index contributed by atoms with van der Waals surface area (Å²) in [7, 11) is 0. The highest BCUT2D eigenvalue weighted by Crippen LogP contribution is 2.22. The molecule has 0 aliphatic carbocycles. The number of aryl methyl sites for hydroxylation is 2. The molecular formula is C25H22F2. The van der Waals surface area contributed by atoms with Gasteiger partial charge in [-0.25, -0.2) is 8.78 Å². The summed E-state index contributed by atoms with van der Waals surface area (Å²) in [6.45, 7) is 4.15. The van der Waals surface area contributed by atoms with Crippen molar-refractivity contribution in [3.05, 3.63) is 94.6 Å². The molecule has 0 saturated heterocycles. The Morgan fingerprint density at radius 3 is 1.78 bits per heavy atom. The summed E-state index contributed by atoms with van der Waals surface area (Å²) in [4.78, 5) is 0. The van der Waals surface area contributed by atoms with E-state index in [4.69, 9.17) is 0 Å². The molecule has 0 spiro atoms. The number of rotatable bonds is 4. The molecule has 0 fully saturated rings. The summed E-state index contributed by atoms with van der Waals surface area (Å²) in [5.74, 6) is 4.74. The molecular weight excluding hydrogens is 338 g/mol. The van der Waals surface area contributed by atoms with Crippen LogP contribution >= 0.6 is 0 Å². The molecule has 3 aromatic carbocycles. The van der Waals surface area contributed by atoms with Crippen LogP contribution in [0.25, 0.3) is 11.1 Å². The van der Waals surface area contributed by atoms with E-state index in [0.717, 1.165) is 36.0 Å². The minimum atomic E-state index is -0.400. The second-order valence-electron chi connectivity index (χ2n) is 6.56. The van der Waals surface area contributed by atoms with Gasteiger partial charge in [0.1, 0.15) is 11.6 Å². The average Bonchev–Trinajstić information content (AvgIpc) is 2.68. The van der Waals surface area contributed by atoms with Crippen molar-refractivity contribution in [1.82, 2.24) is 0 Å². The van der Waals surface area contributed by atoms with E-state index in [0.29, 0.717) is 0 Å². The van der Waals surface area contributed by atoms with Crippen molar-refractivity contribution >= 4 is 0 Å². The largest absolute Gasteiger partial charge is 0.206 e. The second-order valence-corrected chi connectivity index (χ2v) is 6.56. The Morgan fingerprint density at radius 1 is 0.667 bits per heavy atom. The SMILES string of the molecule is CCCc1ccc(C#Cc2ccc(-c3ccc(CC)cc3)cc2F)c(F)c1. The highest BCUT2D eigenvalue weighted by molar-refractivity contribution is 5.65. The third kappa shape index (κ3) is 4.63. The predicted octanol–water partition coefficient (Wildman–Crippen LogP) is 6.55. The highest BCUT2D eigenvalue weighted by Gasteiger charge is 2.05. The van der Waals surface area contributed by atoms with Crippen LogP contribution in [0.2, 0.25) is 0 Å². The van der Waals surface area contributed by atoms with Gasteiger partial charge < -0.3 is 0 Å². The Bertz CT molecular complexity index is 989. The molecule has 0 amide bonds. The summed E-state index contributed by atoms with van der Waals surface area (Å²) in [6, 6.07) is 18.1. The lowest BCUT2D eigenvalue weighted by Gasteiger charge is -2.04. The molecule has 0 radical (unpaired) electrons. The van der Waals surface area contributed by atoms with Crippen molar-refractivity contribution in [3.8, 4) is 23.0 Å². The second kappa shape index (κ2) is 8.64. The summed E-state index contributed by atoms with van der Waals surface area (Å²) in [5.41, 5.74) is 4.51. The van der Waals surface area contributed by atoms with Crippen LogP contribution in [0.4, 0.5) is 8.78 Å². The maximum absolute atomic E-state index is 14.5. The zero-order valence-corrected chi connectivity index (χ0v) is 15.7. The first-order valence-electron chi connectivity index (χ1n) is 9.30. The fraction of sp³-hybridized carbons (Fsp3) is 0.200. The molecule has 136 valence electrons. The van der Waals surface area contributed by atoms with Gasteiger partial charge in [-0.2, -0.15) is 0 Å². The molecule has 0 aliphatic heterocycles. The third-order valence-corrected chi connectivity index (χ3v) is 4.57. The standard InChI is InChI=1S/C25H22F2/c1-3-5-19-8-11-21(24(26)16-19)12-13-22-14-15-23(17-25(22)27)20-9-6-18(4-2)7-10-20/h6-11,14-17H,3-5H2,1-2H3. The Balaban J connectivity index is 1.84. The Hall–Kier alpha value is -2.92. The van der Waals surface area contributed by atoms with Gasteiger partial charge in [-0.15, -0.1) is 0 Å². The van der Waals surface area contributed by atoms with E-state index in [9.17, 15) is 8.78 Å². The van der Waals surface area contributed by atoms with Gasteiger partial charge in [-0.1, -0.05) is 68.5 Å². The Kier molecular flexibility index (Phi) is 6.04. The van der Waals surface area contributed by atoms with Crippen molar-refractivity contribution in [2.45, 2.75) is 33.1 Å². The van der Waals surface area contributed by atoms with E-state index in [1.165, 1.54) is 17.7 Å². The number of benzene rings is 3. The van der Waals surface area contributed by atoms with Gasteiger partial charge in [0.05, 0.1) is 11.1 Å². The summed E-state index contributed by atoms with van der Waals surface area (Å²) in [5, 5.41) is 0. The molecule has 0 aliphatic rings. The number of hydrogen-bond donors (Lipinski definition) is 0. The fourth-order valence-corrected chi connectivity index (χ4v) is 2.97. The lowest BCUT2D eigenvalue weighted by atomic mass is 10.0. The Morgan fingerprint density at radius 2 is 1.22 bits per heavy atom. The average molecular weight is 360 g/mol. The zero-order chi connectivity index (χ0) is 19.2. The monoisotopic (exact) mass is 360 g/mol. The van der Waals surface area contributed by atoms with Crippen LogP contribution in [-0.4, -0.2) is 0 Å². The molecule has 0 atom stereocenters. The molecule has 0 saturated carbocycles. The third-order valence-electron chi connectivity index (χ3n) is 4.57. The van der Waals surface area contributed by atoms with E-state index in [1.807, 2.05) is 36.4 Å². The molecule has 2 heteroatoms. The van der Waals surface area contributed by atoms with Gasteiger partial charge in [-0.3, -0.25) is 0 Å². The normalized spacial score (nSPS) is 10.4. The fourth-order valence-electron chi connectivity index (χ4n) is 2.97. The van der Waals surface area contributed by atoms with E-state index in [-0.39, 0.29) is 16.9 Å². The minimum Gasteiger partial charge on any atom is -0.206 e. The minimum absolute atomic E-state index is 0.265. The summed E-state index contributed by atoms with van der Waals surface area (Å²) >= 11 is 0. The van der Waals surface area contributed by atoms with Crippen molar-refractivity contribution in [2.24, 2.45) is 0 Å². The first-order valence-corrected chi connectivity index (χ1v) is 9.30. The number of halogens is 2. The van der Waals surface area contributed by atoms with E-state index < -0.39 is 5.82 Å². The lowest BCUT2D eigenvalue weighted by molar-refractivity contribution is 0.621. The van der Waals surface area contributed by atoms with Gasteiger partial charge in [0.2, 0.25) is 0 Å². The molecule has 3 rings (SSSR count). The van der Waals surface area contributed by atoms with Crippen molar-refractivity contribution in [2.75, 3.05) is 0 Å². The van der Waals surface area contributed by atoms with Crippen LogP contribution < -0.4 is 0 Å². The maximum atomic E-state index is 14.5. The summed E-state index contributed by atoms with van der Waals surface area (Å²) in [6.07, 6.45) is 2.77. The van der Waals surface area contributed by atoms with Gasteiger partial charge in [-0.05, 0) is 59.4 Å². The van der Waals surface area contributed by atoms with Crippen LogP contribution in [0, 0.1) is 23.5 Å². The quantitative estimate of drug-likeness (QED) is 0.463. The molecule has 0 bridgehead atoms. The van der Waals surface area contributed by atoms with Crippen LogP contribution in [0.5, 0.6) is 0 Å². The summed E-state index contributed by atoms with van der Waals surface area (Å²) < 4.78 is 28.6. The van der Waals surface area contributed by atoms with Crippen LogP contribution in [-0.2, 0) is 12.8 Å². The van der Waals surface area contributed by atoms with Crippen molar-refractivity contribution < 1.29 is 8.78 Å². The molecule has 0 aromatic heterocycles. The van der Waals surface area contributed by atoms with Gasteiger partial charge >= 0.3 is 0 Å². The number of hydrogen-bond acceptors (Lipinski definition) is 0. The molecule has 27 heavy (non-hydrogen) atoms. The van der Waals surface area contributed by atoms with Gasteiger partial charge in [0.15, 0.2) is 0 Å². The van der Waals surface area contributed by atoms with Crippen LogP contribution in [0.1, 0.15) is 42.5 Å². The van der Waals surface area contributed by atoms with Gasteiger partial charge in [0, 0.05) is 0 Å². The zero-order valence-electron chi connectivity index (χ0n) is 15.7. The predicted molar refractivity (Wildman–Crippen MR) is 108 cm³/mol. The molecule has 0 heterocycles. The van der Waals surface area contributed by atoms with E-state index in [2.05, 4.69) is 25.7 Å². The smallest absolute Gasteiger partial charge is 0.139 e. The first kappa shape index (κ1) is 18.9. The molecule has 3 aromatic rings. The molecule has 0 N–H and O–H groups in total. The maximum Gasteiger partial charge on any atom is 0.139 e. The van der Waals surface area contributed by atoms with Crippen LogP contribution in [0.3, 0.4) is 0 Å². The lowest BCUT2D eigenvalue weighted by Crippen LogP contribution is -1.90. The van der Waals surface area contributed by atoms with E-state index in [1.54, 1.807) is 12.1 Å². The van der Waals surface area contributed by atoms with Crippen molar-refractivity contribution in [3.63, 3.8) is 0 Å². The van der Waals surface area contributed by atoms with E-state index >= 15 is 0 Å². The van der Waals surface area contributed by atoms with Crippen molar-refractivity contribution in [1.29, 1.82) is 0 Å².